The maximum atomic E-state index is 8.02. The van der Waals surface area contributed by atoms with Crippen LogP contribution < -0.4 is 4.74 Å². The highest BCUT2D eigenvalue weighted by molar-refractivity contribution is 9.10. The van der Waals surface area contributed by atoms with Crippen molar-refractivity contribution in [3.63, 3.8) is 0 Å². The Bertz CT molecular complexity index is 426. The maximum Gasteiger partial charge on any atom is 0.188 e. The van der Waals surface area contributed by atoms with Gasteiger partial charge in [0.25, 0.3) is 0 Å². The van der Waals surface area contributed by atoms with Crippen LogP contribution >= 0.6 is 27.5 Å². The minimum atomic E-state index is -0.0547. The van der Waals surface area contributed by atoms with Crippen LogP contribution in [0.25, 0.3) is 0 Å². The Morgan fingerprint density at radius 3 is 2.74 bits per heavy atom. The van der Waals surface area contributed by atoms with E-state index in [1.807, 2.05) is 25.1 Å². The van der Waals surface area contributed by atoms with E-state index in [0.29, 0.717) is 18.4 Å². The standard InChI is InChI=1S/C14H19BrClNO2/c1-3-19-14(17)11(5-4-8-16)10-6-7-13(18-2)12(15)9-10/h6-7,9,11,17H,3-5,8H2,1-2H3. The molecule has 0 aliphatic carbocycles. The first kappa shape index (κ1) is 16.3. The molecule has 0 saturated carbocycles. The van der Waals surface area contributed by atoms with Gasteiger partial charge in [0, 0.05) is 5.88 Å². The van der Waals surface area contributed by atoms with E-state index in [9.17, 15) is 0 Å². The van der Waals surface area contributed by atoms with Gasteiger partial charge in [-0.25, -0.2) is 0 Å². The first-order chi connectivity index (χ1) is 9.13. The molecule has 1 N–H and O–H groups in total. The van der Waals surface area contributed by atoms with Crippen LogP contribution in [0.4, 0.5) is 0 Å². The van der Waals surface area contributed by atoms with Crippen LogP contribution in [-0.4, -0.2) is 25.5 Å². The fourth-order valence-electron chi connectivity index (χ4n) is 1.89. The molecular formula is C14H19BrClNO2. The number of benzene rings is 1. The van der Waals surface area contributed by atoms with Gasteiger partial charge in [0.1, 0.15) is 5.75 Å². The van der Waals surface area contributed by atoms with Crippen molar-refractivity contribution in [3.05, 3.63) is 28.2 Å². The van der Waals surface area contributed by atoms with Gasteiger partial charge in [-0.05, 0) is 53.4 Å². The van der Waals surface area contributed by atoms with E-state index in [1.165, 1.54) is 0 Å². The van der Waals surface area contributed by atoms with Gasteiger partial charge in [0.2, 0.25) is 0 Å². The van der Waals surface area contributed by atoms with Gasteiger partial charge in [0.05, 0.1) is 24.1 Å². The van der Waals surface area contributed by atoms with E-state index in [1.54, 1.807) is 7.11 Å². The molecule has 1 atom stereocenters. The van der Waals surface area contributed by atoms with Crippen molar-refractivity contribution < 1.29 is 9.47 Å². The number of nitrogens with one attached hydrogen (secondary N) is 1. The molecule has 0 amide bonds. The van der Waals surface area contributed by atoms with Crippen LogP contribution in [0.2, 0.25) is 0 Å². The third kappa shape index (κ3) is 4.69. The van der Waals surface area contributed by atoms with Crippen molar-refractivity contribution in [2.75, 3.05) is 19.6 Å². The van der Waals surface area contributed by atoms with Gasteiger partial charge < -0.3 is 9.47 Å². The van der Waals surface area contributed by atoms with Crippen LogP contribution in [0.5, 0.6) is 5.75 Å². The molecule has 0 heterocycles. The minimum absolute atomic E-state index is 0.0547. The predicted molar refractivity (Wildman–Crippen MR) is 82.7 cm³/mol. The lowest BCUT2D eigenvalue weighted by Crippen LogP contribution is -2.15. The molecule has 0 radical (unpaired) electrons. The summed E-state index contributed by atoms with van der Waals surface area (Å²) in [6, 6.07) is 5.84. The Balaban J connectivity index is 2.96. The molecule has 5 heteroatoms. The topological polar surface area (TPSA) is 42.3 Å². The quantitative estimate of drug-likeness (QED) is 0.445. The van der Waals surface area contributed by atoms with Gasteiger partial charge >= 0.3 is 0 Å². The minimum Gasteiger partial charge on any atom is -0.496 e. The molecule has 0 bridgehead atoms. The van der Waals surface area contributed by atoms with Crippen molar-refractivity contribution in [2.24, 2.45) is 0 Å². The molecule has 0 fully saturated rings. The van der Waals surface area contributed by atoms with E-state index >= 15 is 0 Å². The van der Waals surface area contributed by atoms with Crippen molar-refractivity contribution in [1.82, 2.24) is 0 Å². The van der Waals surface area contributed by atoms with E-state index in [0.717, 1.165) is 28.6 Å². The Morgan fingerprint density at radius 2 is 2.21 bits per heavy atom. The average molecular weight is 349 g/mol. The molecule has 0 spiro atoms. The van der Waals surface area contributed by atoms with Gasteiger partial charge in [-0.1, -0.05) is 6.07 Å². The Morgan fingerprint density at radius 1 is 1.47 bits per heavy atom. The zero-order valence-corrected chi connectivity index (χ0v) is 13.6. The van der Waals surface area contributed by atoms with E-state index in [2.05, 4.69) is 15.9 Å². The van der Waals surface area contributed by atoms with Crippen molar-refractivity contribution >= 4 is 33.4 Å². The lowest BCUT2D eigenvalue weighted by atomic mass is 9.94. The fraction of sp³-hybridized carbons (Fsp3) is 0.500. The van der Waals surface area contributed by atoms with Gasteiger partial charge in [-0.15, -0.1) is 11.6 Å². The number of methoxy groups -OCH3 is 1. The number of ether oxygens (including phenoxy) is 2. The molecule has 0 aliphatic rings. The largest absolute Gasteiger partial charge is 0.496 e. The highest BCUT2D eigenvalue weighted by atomic mass is 79.9. The molecule has 1 rings (SSSR count). The van der Waals surface area contributed by atoms with Crippen molar-refractivity contribution in [2.45, 2.75) is 25.7 Å². The zero-order chi connectivity index (χ0) is 14.3. The van der Waals surface area contributed by atoms with Crippen LogP contribution in [0.3, 0.4) is 0 Å². The molecule has 19 heavy (non-hydrogen) atoms. The Labute approximate surface area is 127 Å². The molecule has 0 saturated heterocycles. The number of rotatable bonds is 7. The lowest BCUT2D eigenvalue weighted by molar-refractivity contribution is 0.305. The highest BCUT2D eigenvalue weighted by Crippen LogP contribution is 2.31. The Hall–Kier alpha value is -0.740. The normalized spacial score (nSPS) is 12.0. The first-order valence-corrected chi connectivity index (χ1v) is 7.57. The van der Waals surface area contributed by atoms with Crippen LogP contribution in [0, 0.1) is 5.41 Å². The van der Waals surface area contributed by atoms with E-state index < -0.39 is 0 Å². The highest BCUT2D eigenvalue weighted by Gasteiger charge is 2.19. The number of hydrogen-bond donors (Lipinski definition) is 1. The predicted octanol–water partition coefficient (Wildman–Crippen LogP) is 4.57. The van der Waals surface area contributed by atoms with Gasteiger partial charge in [-0.2, -0.15) is 0 Å². The third-order valence-electron chi connectivity index (χ3n) is 2.82. The summed E-state index contributed by atoms with van der Waals surface area (Å²) < 4.78 is 11.4. The molecular weight excluding hydrogens is 330 g/mol. The molecule has 1 aromatic rings. The molecule has 1 aromatic carbocycles. The summed E-state index contributed by atoms with van der Waals surface area (Å²) in [5.74, 6) is 1.61. The van der Waals surface area contributed by atoms with E-state index in [-0.39, 0.29) is 5.92 Å². The fourth-order valence-corrected chi connectivity index (χ4v) is 2.60. The average Bonchev–Trinajstić information content (AvgIpc) is 2.39. The van der Waals surface area contributed by atoms with Gasteiger partial charge in [0.15, 0.2) is 5.90 Å². The first-order valence-electron chi connectivity index (χ1n) is 6.24. The second-order valence-electron chi connectivity index (χ2n) is 4.08. The summed E-state index contributed by atoms with van der Waals surface area (Å²) in [4.78, 5) is 0. The summed E-state index contributed by atoms with van der Waals surface area (Å²) >= 11 is 9.22. The van der Waals surface area contributed by atoms with Crippen LogP contribution in [0.15, 0.2) is 22.7 Å². The molecule has 0 aliphatic heterocycles. The number of halogens is 2. The second kappa shape index (κ2) is 8.43. The van der Waals surface area contributed by atoms with Crippen LogP contribution in [0.1, 0.15) is 31.2 Å². The van der Waals surface area contributed by atoms with E-state index in [4.69, 9.17) is 26.5 Å². The summed E-state index contributed by atoms with van der Waals surface area (Å²) in [5, 5.41) is 8.02. The monoisotopic (exact) mass is 347 g/mol. The number of alkyl halides is 1. The zero-order valence-electron chi connectivity index (χ0n) is 11.2. The molecule has 1 unspecified atom stereocenters. The smallest absolute Gasteiger partial charge is 0.188 e. The SMILES string of the molecule is CCOC(=N)C(CCCCl)c1ccc(OC)c(Br)c1. The number of hydrogen-bond acceptors (Lipinski definition) is 3. The molecule has 0 aromatic heterocycles. The molecule has 106 valence electrons. The molecule has 3 nitrogen and oxygen atoms in total. The third-order valence-corrected chi connectivity index (χ3v) is 3.71. The summed E-state index contributed by atoms with van der Waals surface area (Å²) in [7, 11) is 1.63. The van der Waals surface area contributed by atoms with Gasteiger partial charge in [-0.3, -0.25) is 5.41 Å². The van der Waals surface area contributed by atoms with Crippen molar-refractivity contribution in [1.29, 1.82) is 5.41 Å². The summed E-state index contributed by atoms with van der Waals surface area (Å²) in [5.41, 5.74) is 1.04. The lowest BCUT2D eigenvalue weighted by Gasteiger charge is -2.19. The second-order valence-corrected chi connectivity index (χ2v) is 5.31. The van der Waals surface area contributed by atoms with Crippen LogP contribution in [-0.2, 0) is 4.74 Å². The Kier molecular flexibility index (Phi) is 7.24. The maximum absolute atomic E-state index is 8.02. The summed E-state index contributed by atoms with van der Waals surface area (Å²) in [6.45, 7) is 2.39. The van der Waals surface area contributed by atoms with Crippen molar-refractivity contribution in [3.8, 4) is 5.75 Å². The summed E-state index contributed by atoms with van der Waals surface area (Å²) in [6.07, 6.45) is 1.66.